The summed E-state index contributed by atoms with van der Waals surface area (Å²) < 4.78 is 25.0. The van der Waals surface area contributed by atoms with E-state index in [4.69, 9.17) is 9.15 Å². The van der Waals surface area contributed by atoms with Crippen molar-refractivity contribution in [3.63, 3.8) is 0 Å². The molecule has 4 rings (SSSR count). The summed E-state index contributed by atoms with van der Waals surface area (Å²) in [4.78, 5) is 23.4. The smallest absolute Gasteiger partial charge is 0.197 e. The van der Waals surface area contributed by atoms with Crippen LogP contribution in [-0.4, -0.2) is 30.1 Å². The maximum Gasteiger partial charge on any atom is 0.197 e. The number of hydrogen-bond acceptors (Lipinski definition) is 6. The van der Waals surface area contributed by atoms with Crippen LogP contribution in [0.4, 0.5) is 4.39 Å². The number of ether oxygens (including phenoxy) is 1. The third-order valence-electron chi connectivity index (χ3n) is 5.08. The van der Waals surface area contributed by atoms with Gasteiger partial charge in [-0.05, 0) is 49.7 Å². The molecule has 0 saturated carbocycles. The number of halogens is 1. The fourth-order valence-electron chi connectivity index (χ4n) is 3.65. The van der Waals surface area contributed by atoms with Crippen LogP contribution in [0, 0.1) is 10.7 Å². The van der Waals surface area contributed by atoms with Gasteiger partial charge in [-0.15, -0.1) is 0 Å². The lowest BCUT2D eigenvalue weighted by molar-refractivity contribution is 0.102. The minimum atomic E-state index is -1.000. The Kier molecular flexibility index (Phi) is 4.27. The van der Waals surface area contributed by atoms with E-state index in [0.29, 0.717) is 39.2 Å². The molecule has 0 saturated heterocycles. The van der Waals surface area contributed by atoms with Gasteiger partial charge in [0.2, 0.25) is 0 Å². The number of furan rings is 1. The fraction of sp³-hybridized carbons (Fsp3) is 0.286. The molecule has 1 aliphatic rings. The molecule has 0 bridgehead atoms. The van der Waals surface area contributed by atoms with Gasteiger partial charge in [-0.25, -0.2) is 4.39 Å². The summed E-state index contributed by atoms with van der Waals surface area (Å²) >= 11 is 0. The highest BCUT2D eigenvalue weighted by Gasteiger charge is 2.41. The molecule has 0 spiro atoms. The van der Waals surface area contributed by atoms with E-state index >= 15 is 0 Å². The van der Waals surface area contributed by atoms with Crippen molar-refractivity contribution < 1.29 is 23.4 Å². The minimum Gasteiger partial charge on any atom is -0.491 e. The van der Waals surface area contributed by atoms with E-state index in [1.807, 2.05) is 13.8 Å². The average molecular weight is 383 g/mol. The second-order valence-corrected chi connectivity index (χ2v) is 7.38. The van der Waals surface area contributed by atoms with Crippen LogP contribution in [0.25, 0.3) is 11.0 Å². The molecule has 1 N–H and O–H groups in total. The van der Waals surface area contributed by atoms with Gasteiger partial charge >= 0.3 is 0 Å². The number of nitroso groups, excluding NO2 is 1. The predicted molar refractivity (Wildman–Crippen MR) is 100 cm³/mol. The van der Waals surface area contributed by atoms with Gasteiger partial charge in [0.15, 0.2) is 5.78 Å². The van der Waals surface area contributed by atoms with Crippen LogP contribution in [-0.2, 0) is 5.41 Å². The lowest BCUT2D eigenvalue weighted by Crippen LogP contribution is -2.29. The van der Waals surface area contributed by atoms with Gasteiger partial charge in [-0.3, -0.25) is 4.79 Å². The number of carbonyl (C=O) groups is 1. The van der Waals surface area contributed by atoms with Crippen molar-refractivity contribution in [2.75, 3.05) is 13.2 Å². The molecule has 2 aromatic carbocycles. The Bertz CT molecular complexity index is 1100. The predicted octanol–water partition coefficient (Wildman–Crippen LogP) is 3.95. The molecule has 7 heteroatoms. The maximum absolute atomic E-state index is 13.6. The molecular formula is C21H18FNO5. The number of rotatable bonds is 5. The van der Waals surface area contributed by atoms with Crippen molar-refractivity contribution in [1.29, 1.82) is 0 Å². The first-order valence-corrected chi connectivity index (χ1v) is 8.84. The highest BCUT2D eigenvalue weighted by atomic mass is 19.1. The summed E-state index contributed by atoms with van der Waals surface area (Å²) in [5, 5.41) is 12.8. The molecule has 0 amide bonds. The molecule has 1 atom stereocenters. The van der Waals surface area contributed by atoms with E-state index in [-0.39, 0.29) is 18.9 Å². The van der Waals surface area contributed by atoms with E-state index in [9.17, 15) is 19.2 Å². The maximum atomic E-state index is 13.6. The zero-order valence-corrected chi connectivity index (χ0v) is 15.4. The van der Waals surface area contributed by atoms with Gasteiger partial charge < -0.3 is 14.3 Å². The van der Waals surface area contributed by atoms with E-state index < -0.39 is 17.3 Å². The zero-order chi connectivity index (χ0) is 20.1. The van der Waals surface area contributed by atoms with Crippen molar-refractivity contribution in [2.24, 2.45) is 5.18 Å². The Morgan fingerprint density at radius 2 is 2.04 bits per heavy atom. The molecule has 1 aromatic heterocycles. The van der Waals surface area contributed by atoms with Gasteiger partial charge in [0.1, 0.15) is 42.2 Å². The van der Waals surface area contributed by atoms with Crippen molar-refractivity contribution in [3.05, 3.63) is 69.6 Å². The quantitative estimate of drug-likeness (QED) is 0.674. The molecule has 0 radical (unpaired) electrons. The Balaban J connectivity index is 1.77. The highest BCUT2D eigenvalue weighted by molar-refractivity contribution is 6.19. The summed E-state index contributed by atoms with van der Waals surface area (Å²) in [6, 6.07) is 9.19. The molecule has 0 fully saturated rings. The largest absolute Gasteiger partial charge is 0.491 e. The molecule has 1 heterocycles. The van der Waals surface area contributed by atoms with Gasteiger partial charge in [0.25, 0.3) is 0 Å². The van der Waals surface area contributed by atoms with E-state index in [1.54, 1.807) is 24.3 Å². The molecule has 144 valence electrons. The average Bonchev–Trinajstić information content (AvgIpc) is 3.04. The molecule has 0 unspecified atom stereocenters. The summed E-state index contributed by atoms with van der Waals surface area (Å²) in [5.41, 5.74) is 1.36. The zero-order valence-electron chi connectivity index (χ0n) is 15.4. The third-order valence-corrected chi connectivity index (χ3v) is 5.08. The summed E-state index contributed by atoms with van der Waals surface area (Å²) in [6.07, 6.45) is -1.000. The number of fused-ring (bicyclic) bond motifs is 4. The number of carbonyl (C=O) groups excluding carboxylic acids is 1. The highest BCUT2D eigenvalue weighted by Crippen LogP contribution is 2.46. The molecule has 1 aliphatic carbocycles. The monoisotopic (exact) mass is 383 g/mol. The number of aliphatic hydroxyl groups is 1. The standard InChI is InChI=1S/C21H18FNO5/c1-21(2)16-8-13(27-10-12(24)9-23-26)4-6-14(16)19(25)18-15-5-3-11(22)7-17(15)28-20(18)21/h3-8,12,24H,9-10H2,1-2H3/t12-/m1/s1. The SMILES string of the molecule is CC1(C)c2cc(OC[C@H](O)CN=O)ccc2C(=O)c2c1oc1cc(F)ccc21. The van der Waals surface area contributed by atoms with Crippen LogP contribution in [0.3, 0.4) is 0 Å². The number of aliphatic hydroxyl groups excluding tert-OH is 1. The van der Waals surface area contributed by atoms with Crippen molar-refractivity contribution >= 4 is 16.8 Å². The van der Waals surface area contributed by atoms with Crippen LogP contribution in [0.1, 0.15) is 41.1 Å². The van der Waals surface area contributed by atoms with Crippen LogP contribution in [0.2, 0.25) is 0 Å². The first kappa shape index (κ1) is 18.3. The number of ketones is 1. The molecular weight excluding hydrogens is 365 g/mol. The van der Waals surface area contributed by atoms with E-state index in [1.165, 1.54) is 12.1 Å². The third kappa shape index (κ3) is 2.79. The van der Waals surface area contributed by atoms with Crippen molar-refractivity contribution in [3.8, 4) is 5.75 Å². The van der Waals surface area contributed by atoms with Crippen LogP contribution in [0.5, 0.6) is 5.75 Å². The Labute approximate surface area is 159 Å². The topological polar surface area (TPSA) is 89.1 Å². The Morgan fingerprint density at radius 3 is 2.79 bits per heavy atom. The first-order chi connectivity index (χ1) is 13.3. The molecule has 6 nitrogen and oxygen atoms in total. The lowest BCUT2D eigenvalue weighted by atomic mass is 9.72. The fourth-order valence-corrected chi connectivity index (χ4v) is 3.65. The number of nitrogens with zero attached hydrogens (tertiary/aromatic N) is 1. The summed E-state index contributed by atoms with van der Waals surface area (Å²) in [7, 11) is 0. The van der Waals surface area contributed by atoms with Crippen LogP contribution in [0.15, 0.2) is 46.0 Å². The van der Waals surface area contributed by atoms with E-state index in [0.717, 1.165) is 0 Å². The normalized spacial score (nSPS) is 15.8. The number of hydrogen-bond donors (Lipinski definition) is 1. The van der Waals surface area contributed by atoms with Crippen molar-refractivity contribution in [2.45, 2.75) is 25.4 Å². The van der Waals surface area contributed by atoms with Gasteiger partial charge in [0, 0.05) is 22.4 Å². The second kappa shape index (κ2) is 6.53. The minimum absolute atomic E-state index is 0.0892. The van der Waals surface area contributed by atoms with Crippen LogP contribution < -0.4 is 4.74 Å². The summed E-state index contributed by atoms with van der Waals surface area (Å²) in [5.74, 6) is 0.315. The van der Waals surface area contributed by atoms with Crippen LogP contribution >= 0.6 is 0 Å². The molecule has 28 heavy (non-hydrogen) atoms. The summed E-state index contributed by atoms with van der Waals surface area (Å²) in [6.45, 7) is 3.50. The van der Waals surface area contributed by atoms with E-state index in [2.05, 4.69) is 5.18 Å². The van der Waals surface area contributed by atoms with Gasteiger partial charge in [-0.2, -0.15) is 4.91 Å². The number of benzene rings is 2. The lowest BCUT2D eigenvalue weighted by Gasteiger charge is -2.31. The molecule has 3 aromatic rings. The first-order valence-electron chi connectivity index (χ1n) is 8.84. The Morgan fingerprint density at radius 1 is 1.25 bits per heavy atom. The van der Waals surface area contributed by atoms with Gasteiger partial charge in [-0.1, -0.05) is 5.18 Å². The second-order valence-electron chi connectivity index (χ2n) is 7.38. The Hall–Kier alpha value is -3.06. The van der Waals surface area contributed by atoms with Gasteiger partial charge in [0.05, 0.1) is 5.56 Å². The molecule has 0 aliphatic heterocycles. The van der Waals surface area contributed by atoms with Crippen molar-refractivity contribution in [1.82, 2.24) is 0 Å².